The van der Waals surface area contributed by atoms with Crippen LogP contribution in [0.1, 0.15) is 45.7 Å². The summed E-state index contributed by atoms with van der Waals surface area (Å²) >= 11 is 1.15. The fourth-order valence-electron chi connectivity index (χ4n) is 2.23. The van der Waals surface area contributed by atoms with Crippen molar-refractivity contribution in [3.63, 3.8) is 0 Å². The van der Waals surface area contributed by atoms with E-state index in [4.69, 9.17) is 9.31 Å². The lowest BCUT2D eigenvalue weighted by molar-refractivity contribution is -0.109. The molecule has 1 aliphatic heterocycles. The Morgan fingerprint density at radius 1 is 1.33 bits per heavy atom. The Kier molecular flexibility index (Phi) is 5.57. The van der Waals surface area contributed by atoms with Gasteiger partial charge >= 0.3 is 7.12 Å². The SMILES string of the molecule is CC(=O)SCC(=Cc1cc(C)cnc1F)B1OC(C)(C)C(C)(C)O1. The Balaban J connectivity index is 2.37. The van der Waals surface area contributed by atoms with Gasteiger partial charge < -0.3 is 9.31 Å². The van der Waals surface area contributed by atoms with Crippen LogP contribution in [0.2, 0.25) is 0 Å². The number of carbonyl (C=O) groups excluding carboxylic acids is 1. The number of nitrogens with zero attached hydrogens (tertiary/aromatic N) is 1. The summed E-state index contributed by atoms with van der Waals surface area (Å²) in [6.45, 7) is 11.2. The van der Waals surface area contributed by atoms with E-state index in [2.05, 4.69) is 4.98 Å². The molecular formula is C17H23BFNO3S. The molecule has 2 rings (SSSR count). The molecule has 0 unspecified atom stereocenters. The predicted molar refractivity (Wildman–Crippen MR) is 96.1 cm³/mol. The lowest BCUT2D eigenvalue weighted by Gasteiger charge is -2.32. The Morgan fingerprint density at radius 3 is 2.46 bits per heavy atom. The standard InChI is InChI=1S/C17H23BFNO3S/c1-11-7-13(15(19)20-9-11)8-14(10-24-12(2)21)18-22-16(3,4)17(5,6)23-18/h7-9H,10H2,1-6H3. The molecular weight excluding hydrogens is 328 g/mol. The number of rotatable bonds is 4. The average Bonchev–Trinajstić information content (AvgIpc) is 2.66. The number of aromatic nitrogens is 1. The number of aryl methyl sites for hydroxylation is 1. The minimum absolute atomic E-state index is 0.0137. The van der Waals surface area contributed by atoms with Gasteiger partial charge in [0, 0.05) is 24.4 Å². The first-order valence-electron chi connectivity index (χ1n) is 7.83. The van der Waals surface area contributed by atoms with Crippen molar-refractivity contribution < 1.29 is 18.5 Å². The Morgan fingerprint density at radius 2 is 1.92 bits per heavy atom. The Bertz CT molecular complexity index is 660. The van der Waals surface area contributed by atoms with E-state index in [9.17, 15) is 9.18 Å². The van der Waals surface area contributed by atoms with Crippen molar-refractivity contribution in [1.82, 2.24) is 4.98 Å². The van der Waals surface area contributed by atoms with Crippen molar-refractivity contribution in [3.05, 3.63) is 34.8 Å². The monoisotopic (exact) mass is 351 g/mol. The van der Waals surface area contributed by atoms with Crippen molar-refractivity contribution in [3.8, 4) is 0 Å². The molecule has 1 aromatic heterocycles. The molecule has 0 atom stereocenters. The maximum absolute atomic E-state index is 14.0. The molecule has 0 aliphatic carbocycles. The Hall–Kier alpha value is -1.18. The van der Waals surface area contributed by atoms with Gasteiger partial charge in [0.25, 0.3) is 0 Å². The molecule has 0 radical (unpaired) electrons. The van der Waals surface area contributed by atoms with Gasteiger partial charge in [0.15, 0.2) is 5.12 Å². The molecule has 0 amide bonds. The summed E-state index contributed by atoms with van der Waals surface area (Å²) in [5, 5.41) is -0.0137. The highest BCUT2D eigenvalue weighted by atomic mass is 32.2. The first-order valence-corrected chi connectivity index (χ1v) is 8.82. The largest absolute Gasteiger partial charge is 0.491 e. The molecule has 1 aromatic rings. The fraction of sp³-hybridized carbons (Fsp3) is 0.529. The molecule has 24 heavy (non-hydrogen) atoms. The first kappa shape index (κ1) is 19.2. The van der Waals surface area contributed by atoms with Crippen LogP contribution in [0, 0.1) is 12.9 Å². The van der Waals surface area contributed by atoms with Gasteiger partial charge in [-0.2, -0.15) is 4.39 Å². The van der Waals surface area contributed by atoms with Crippen LogP contribution in [-0.2, 0) is 14.1 Å². The van der Waals surface area contributed by atoms with Crippen LogP contribution in [0.25, 0.3) is 6.08 Å². The van der Waals surface area contributed by atoms with Crippen molar-refractivity contribution >= 4 is 30.1 Å². The second-order valence-electron chi connectivity index (χ2n) is 6.98. The van der Waals surface area contributed by atoms with Crippen molar-refractivity contribution in [2.75, 3.05) is 5.75 Å². The van der Waals surface area contributed by atoms with Gasteiger partial charge in [-0.25, -0.2) is 4.98 Å². The van der Waals surface area contributed by atoms with Crippen molar-refractivity contribution in [2.45, 2.75) is 52.7 Å². The third-order valence-electron chi connectivity index (χ3n) is 4.34. The van der Waals surface area contributed by atoms with Gasteiger partial charge in [-0.05, 0) is 51.7 Å². The van der Waals surface area contributed by atoms with E-state index in [1.807, 2.05) is 34.6 Å². The summed E-state index contributed by atoms with van der Waals surface area (Å²) in [6.07, 6.45) is 3.15. The van der Waals surface area contributed by atoms with Gasteiger partial charge in [0.05, 0.1) is 11.2 Å². The summed E-state index contributed by atoms with van der Waals surface area (Å²) in [6, 6.07) is 1.71. The van der Waals surface area contributed by atoms with Crippen molar-refractivity contribution in [2.24, 2.45) is 0 Å². The van der Waals surface area contributed by atoms with Gasteiger partial charge in [0.1, 0.15) is 0 Å². The molecule has 1 aliphatic rings. The lowest BCUT2D eigenvalue weighted by atomic mass is 9.78. The normalized spacial score (nSPS) is 19.6. The predicted octanol–water partition coefficient (Wildman–Crippen LogP) is 3.82. The molecule has 0 spiro atoms. The summed E-state index contributed by atoms with van der Waals surface area (Å²) < 4.78 is 26.1. The zero-order valence-corrected chi connectivity index (χ0v) is 15.8. The van der Waals surface area contributed by atoms with Gasteiger partial charge in [-0.15, -0.1) is 0 Å². The number of pyridine rings is 1. The molecule has 0 aromatic carbocycles. The Labute approximate surface area is 147 Å². The molecule has 7 heteroatoms. The fourth-order valence-corrected chi connectivity index (χ4v) is 2.82. The number of thioether (sulfide) groups is 1. The summed E-state index contributed by atoms with van der Waals surface area (Å²) in [4.78, 5) is 15.1. The third kappa shape index (κ3) is 4.26. The minimum Gasteiger partial charge on any atom is -0.400 e. The number of halogens is 1. The maximum Gasteiger partial charge on any atom is 0.491 e. The topological polar surface area (TPSA) is 48.4 Å². The van der Waals surface area contributed by atoms with Crippen LogP contribution in [-0.4, -0.2) is 34.2 Å². The molecule has 1 fully saturated rings. The summed E-state index contributed by atoms with van der Waals surface area (Å²) in [5.41, 5.74) is 0.932. The molecule has 0 N–H and O–H groups in total. The molecule has 4 nitrogen and oxygen atoms in total. The van der Waals surface area contributed by atoms with Crippen LogP contribution in [0.5, 0.6) is 0 Å². The third-order valence-corrected chi connectivity index (χ3v) is 5.23. The van der Waals surface area contributed by atoms with Crippen LogP contribution in [0.4, 0.5) is 4.39 Å². The number of hydrogen-bond donors (Lipinski definition) is 0. The quantitative estimate of drug-likeness (QED) is 0.610. The van der Waals surface area contributed by atoms with Crippen LogP contribution in [0.3, 0.4) is 0 Å². The molecule has 2 heterocycles. The van der Waals surface area contributed by atoms with Gasteiger partial charge in [-0.3, -0.25) is 4.79 Å². The van der Waals surface area contributed by atoms with E-state index in [0.29, 0.717) is 16.8 Å². The minimum atomic E-state index is -0.623. The number of hydrogen-bond acceptors (Lipinski definition) is 5. The highest BCUT2D eigenvalue weighted by Gasteiger charge is 2.52. The second-order valence-corrected chi connectivity index (χ2v) is 8.13. The van der Waals surface area contributed by atoms with E-state index in [1.165, 1.54) is 13.1 Å². The molecule has 130 valence electrons. The summed E-state index contributed by atoms with van der Waals surface area (Å²) in [5.74, 6) is -0.179. The zero-order chi connectivity index (χ0) is 18.1. The second kappa shape index (κ2) is 6.98. The van der Waals surface area contributed by atoms with Crippen LogP contribution in [0.15, 0.2) is 17.7 Å². The van der Waals surface area contributed by atoms with Gasteiger partial charge in [0.2, 0.25) is 5.95 Å². The average molecular weight is 351 g/mol. The first-order chi connectivity index (χ1) is 11.0. The highest BCUT2D eigenvalue weighted by Crippen LogP contribution is 2.39. The lowest BCUT2D eigenvalue weighted by Crippen LogP contribution is -2.41. The number of carbonyl (C=O) groups is 1. The van der Waals surface area contributed by atoms with Crippen LogP contribution < -0.4 is 0 Å². The van der Waals surface area contributed by atoms with Gasteiger partial charge in [-0.1, -0.05) is 17.8 Å². The van der Waals surface area contributed by atoms with E-state index >= 15 is 0 Å². The molecule has 1 saturated heterocycles. The van der Waals surface area contributed by atoms with Crippen LogP contribution >= 0.6 is 11.8 Å². The van der Waals surface area contributed by atoms with E-state index in [0.717, 1.165) is 17.3 Å². The highest BCUT2D eigenvalue weighted by molar-refractivity contribution is 8.13. The maximum atomic E-state index is 14.0. The van der Waals surface area contributed by atoms with E-state index in [1.54, 1.807) is 12.1 Å². The summed E-state index contributed by atoms with van der Waals surface area (Å²) in [7, 11) is -0.623. The molecule has 0 bridgehead atoms. The zero-order valence-electron chi connectivity index (χ0n) is 15.0. The van der Waals surface area contributed by atoms with E-state index in [-0.39, 0.29) is 5.12 Å². The molecule has 0 saturated carbocycles. The smallest absolute Gasteiger partial charge is 0.400 e. The van der Waals surface area contributed by atoms with Crippen molar-refractivity contribution in [1.29, 1.82) is 0 Å². The van der Waals surface area contributed by atoms with E-state index < -0.39 is 24.3 Å².